The molecule has 0 aliphatic carbocycles. The van der Waals surface area contributed by atoms with Crippen LogP contribution in [-0.4, -0.2) is 62.1 Å². The second-order valence-electron chi connectivity index (χ2n) is 8.28. The summed E-state index contributed by atoms with van der Waals surface area (Å²) in [5.74, 6) is 0.861. The van der Waals surface area contributed by atoms with Gasteiger partial charge >= 0.3 is 0 Å². The van der Waals surface area contributed by atoms with E-state index >= 15 is 0 Å². The largest absolute Gasteiger partial charge is 0.383 e. The van der Waals surface area contributed by atoms with E-state index in [4.69, 9.17) is 5.73 Å². The number of H-pyrrole nitrogens is 1. The number of hydrogen-bond donors (Lipinski definition) is 3. The Morgan fingerprint density at radius 2 is 2.03 bits per heavy atom. The van der Waals surface area contributed by atoms with Crippen LogP contribution in [0.4, 0.5) is 23.3 Å². The number of nitrogens with one attached hydrogen (secondary N) is 2. The summed E-state index contributed by atoms with van der Waals surface area (Å²) >= 11 is 0. The number of nitrogen functional groups attached to an aromatic ring is 1. The van der Waals surface area contributed by atoms with Gasteiger partial charge in [0.15, 0.2) is 5.82 Å². The van der Waals surface area contributed by atoms with Gasteiger partial charge in [0.25, 0.3) is 5.91 Å². The number of carbonyl (C=O) groups is 2. The van der Waals surface area contributed by atoms with E-state index in [1.54, 1.807) is 47.1 Å². The Kier molecular flexibility index (Phi) is 5.40. The molecule has 0 fully saturated rings. The Morgan fingerprint density at radius 1 is 1.20 bits per heavy atom. The smallest absolute Gasteiger partial charge is 0.278 e. The molecule has 1 aliphatic rings. The van der Waals surface area contributed by atoms with Crippen LogP contribution in [0, 0.1) is 0 Å². The van der Waals surface area contributed by atoms with Gasteiger partial charge in [0.2, 0.25) is 11.5 Å². The lowest BCUT2D eigenvalue weighted by molar-refractivity contribution is -0.130. The minimum atomic E-state index is -0.477. The quantitative estimate of drug-likeness (QED) is 0.398. The van der Waals surface area contributed by atoms with Gasteiger partial charge in [0.1, 0.15) is 29.7 Å². The van der Waals surface area contributed by atoms with Crippen LogP contribution in [0.2, 0.25) is 0 Å². The Labute approximate surface area is 199 Å². The summed E-state index contributed by atoms with van der Waals surface area (Å²) in [5.41, 5.74) is 6.77. The molecule has 35 heavy (non-hydrogen) atoms. The Morgan fingerprint density at radius 3 is 2.83 bits per heavy atom. The first-order valence-electron chi connectivity index (χ1n) is 10.9. The summed E-state index contributed by atoms with van der Waals surface area (Å²) < 4.78 is 1.67. The molecule has 0 aromatic carbocycles. The lowest BCUT2D eigenvalue weighted by Crippen LogP contribution is -2.29. The van der Waals surface area contributed by atoms with Gasteiger partial charge in [-0.1, -0.05) is 6.07 Å². The minimum Gasteiger partial charge on any atom is -0.383 e. The van der Waals surface area contributed by atoms with Crippen LogP contribution in [-0.2, 0) is 17.8 Å². The molecule has 4 aromatic rings. The van der Waals surface area contributed by atoms with E-state index in [2.05, 4.69) is 25.4 Å². The number of rotatable bonds is 4. The third-order valence-electron chi connectivity index (χ3n) is 5.93. The first kappa shape index (κ1) is 22.1. The van der Waals surface area contributed by atoms with Gasteiger partial charge in [0.05, 0.1) is 5.39 Å². The summed E-state index contributed by atoms with van der Waals surface area (Å²) in [6.07, 6.45) is 2.23. The molecule has 1 aliphatic heterocycles. The molecule has 12 nitrogen and oxygen atoms in total. The van der Waals surface area contributed by atoms with Crippen molar-refractivity contribution in [1.29, 1.82) is 0 Å². The van der Waals surface area contributed by atoms with Gasteiger partial charge in [-0.15, -0.1) is 0 Å². The van der Waals surface area contributed by atoms with E-state index in [0.29, 0.717) is 41.2 Å². The van der Waals surface area contributed by atoms with Crippen molar-refractivity contribution in [2.24, 2.45) is 0 Å². The van der Waals surface area contributed by atoms with Crippen molar-refractivity contribution in [3.63, 3.8) is 0 Å². The van der Waals surface area contributed by atoms with Crippen LogP contribution in [0.25, 0.3) is 10.8 Å². The number of amides is 2. The predicted octanol–water partition coefficient (Wildman–Crippen LogP) is 1.13. The van der Waals surface area contributed by atoms with E-state index in [9.17, 15) is 14.4 Å². The summed E-state index contributed by atoms with van der Waals surface area (Å²) in [6, 6.07) is 9.88. The van der Waals surface area contributed by atoms with E-state index in [-0.39, 0.29) is 29.5 Å². The van der Waals surface area contributed by atoms with Crippen LogP contribution in [0.5, 0.6) is 0 Å². The first-order chi connectivity index (χ1) is 16.8. The molecule has 2 amide bonds. The maximum Gasteiger partial charge on any atom is 0.278 e. The molecule has 5 rings (SSSR count). The van der Waals surface area contributed by atoms with Gasteiger partial charge in [-0.2, -0.15) is 5.10 Å². The van der Waals surface area contributed by atoms with E-state index in [1.165, 1.54) is 18.0 Å². The SMILES string of the molecule is CN1CCc2cc(Nc3cc4ccnc(N)c4c(C(=O)N(C)c4cccc(=O)[nH]4)n3)nn2CC1=O. The molecule has 0 atom stereocenters. The Bertz CT molecular complexity index is 1520. The number of fused-ring (bicyclic) bond motifs is 2. The number of likely N-dealkylation sites (N-methyl/N-ethyl adjacent to an activating group) is 1. The lowest BCUT2D eigenvalue weighted by atomic mass is 10.1. The second kappa shape index (κ2) is 8.56. The highest BCUT2D eigenvalue weighted by atomic mass is 16.2. The highest BCUT2D eigenvalue weighted by Gasteiger charge is 2.23. The summed E-state index contributed by atoms with van der Waals surface area (Å²) in [4.78, 5) is 51.6. The fourth-order valence-corrected chi connectivity index (χ4v) is 3.99. The number of aromatic nitrogens is 5. The third kappa shape index (κ3) is 4.16. The normalized spacial score (nSPS) is 13.4. The third-order valence-corrected chi connectivity index (χ3v) is 5.93. The van der Waals surface area contributed by atoms with Crippen molar-refractivity contribution in [2.45, 2.75) is 13.0 Å². The molecular weight excluding hydrogens is 450 g/mol. The number of nitrogens with zero attached hydrogens (tertiary/aromatic N) is 6. The van der Waals surface area contributed by atoms with Crippen molar-refractivity contribution in [3.8, 4) is 0 Å². The second-order valence-corrected chi connectivity index (χ2v) is 8.28. The van der Waals surface area contributed by atoms with E-state index < -0.39 is 5.91 Å². The molecule has 5 heterocycles. The van der Waals surface area contributed by atoms with Crippen LogP contribution < -0.4 is 21.5 Å². The highest BCUT2D eigenvalue weighted by Crippen LogP contribution is 2.28. The van der Waals surface area contributed by atoms with Gasteiger partial charge < -0.3 is 20.9 Å². The fraction of sp³-hybridized carbons (Fsp3) is 0.217. The van der Waals surface area contributed by atoms with E-state index in [0.717, 1.165) is 5.69 Å². The maximum atomic E-state index is 13.5. The van der Waals surface area contributed by atoms with Gasteiger partial charge in [0, 0.05) is 51.1 Å². The summed E-state index contributed by atoms with van der Waals surface area (Å²) in [6.45, 7) is 0.766. The topological polar surface area (TPSA) is 155 Å². The van der Waals surface area contributed by atoms with Crippen molar-refractivity contribution in [1.82, 2.24) is 29.6 Å². The average Bonchev–Trinajstić information content (AvgIpc) is 3.15. The molecule has 178 valence electrons. The number of aromatic amines is 1. The zero-order valence-corrected chi connectivity index (χ0v) is 19.1. The number of anilines is 4. The molecule has 0 saturated carbocycles. The summed E-state index contributed by atoms with van der Waals surface area (Å²) in [5, 5.41) is 8.71. The predicted molar refractivity (Wildman–Crippen MR) is 131 cm³/mol. The standard InChI is InChI=1S/C23H23N9O3/c1-30-9-7-14-11-16(29-32(14)12-19(30)34)26-15-10-13-6-8-25-22(24)20(13)21(27-15)23(35)31(2)17-4-3-5-18(33)28-17/h3-6,8,10-11H,7,9,12H2,1-2H3,(H2,24,25)(H,28,33)(H,26,27,29). The van der Waals surface area contributed by atoms with Crippen molar-refractivity contribution in [2.75, 3.05) is 36.6 Å². The Balaban J connectivity index is 1.53. The van der Waals surface area contributed by atoms with Crippen LogP contribution in [0.3, 0.4) is 0 Å². The number of hydrogen-bond acceptors (Lipinski definition) is 8. The molecule has 0 radical (unpaired) electrons. The molecule has 4 aromatic heterocycles. The van der Waals surface area contributed by atoms with Crippen LogP contribution in [0.15, 0.2) is 47.4 Å². The Hall–Kier alpha value is -4.74. The van der Waals surface area contributed by atoms with Crippen molar-refractivity contribution >= 4 is 45.9 Å². The van der Waals surface area contributed by atoms with Crippen LogP contribution >= 0.6 is 0 Å². The molecule has 0 saturated heterocycles. The molecule has 0 unspecified atom stereocenters. The average molecular weight is 473 g/mol. The molecule has 12 heteroatoms. The molecular formula is C23H23N9O3. The number of pyridine rings is 3. The first-order valence-corrected chi connectivity index (χ1v) is 10.9. The molecule has 4 N–H and O–H groups in total. The van der Waals surface area contributed by atoms with Crippen molar-refractivity contribution in [3.05, 3.63) is 64.3 Å². The zero-order chi connectivity index (χ0) is 24.7. The number of nitrogens with two attached hydrogens (primary N) is 1. The monoisotopic (exact) mass is 473 g/mol. The van der Waals surface area contributed by atoms with Crippen molar-refractivity contribution < 1.29 is 9.59 Å². The summed E-state index contributed by atoms with van der Waals surface area (Å²) in [7, 11) is 3.31. The fourth-order valence-electron chi connectivity index (χ4n) is 3.99. The molecule has 0 bridgehead atoms. The highest BCUT2D eigenvalue weighted by molar-refractivity contribution is 6.15. The van der Waals surface area contributed by atoms with Gasteiger partial charge in [-0.05, 0) is 23.6 Å². The zero-order valence-electron chi connectivity index (χ0n) is 19.1. The van der Waals surface area contributed by atoms with Gasteiger partial charge in [-0.25, -0.2) is 9.97 Å². The lowest BCUT2D eigenvalue weighted by Gasteiger charge is -2.18. The maximum absolute atomic E-state index is 13.5. The van der Waals surface area contributed by atoms with E-state index in [1.807, 2.05) is 6.07 Å². The van der Waals surface area contributed by atoms with Crippen LogP contribution in [0.1, 0.15) is 16.2 Å². The number of carbonyl (C=O) groups excluding carboxylic acids is 2. The molecule has 0 spiro atoms. The van der Waals surface area contributed by atoms with Gasteiger partial charge in [-0.3, -0.25) is 24.0 Å². The minimum absolute atomic E-state index is 0.0138.